The molecule has 24 heavy (non-hydrogen) atoms. The Bertz CT molecular complexity index is 772. The van der Waals surface area contributed by atoms with Gasteiger partial charge in [0.15, 0.2) is 0 Å². The Kier molecular flexibility index (Phi) is 5.14. The molecule has 1 aliphatic rings. The van der Waals surface area contributed by atoms with Crippen LogP contribution in [-0.2, 0) is 4.79 Å². The van der Waals surface area contributed by atoms with Gasteiger partial charge in [0.25, 0.3) is 0 Å². The lowest BCUT2D eigenvalue weighted by atomic mass is 10.0. The molecule has 1 fully saturated rings. The van der Waals surface area contributed by atoms with Gasteiger partial charge >= 0.3 is 0 Å². The first-order valence-electron chi connectivity index (χ1n) is 8.76. The summed E-state index contributed by atoms with van der Waals surface area (Å²) in [4.78, 5) is 19.4. The molecule has 0 unspecified atom stereocenters. The number of carbonyl (C=O) groups excluding carboxylic acids is 1. The maximum Gasteiger partial charge on any atom is 0.233 e. The van der Waals surface area contributed by atoms with Gasteiger partial charge in [-0.15, -0.1) is 0 Å². The van der Waals surface area contributed by atoms with Gasteiger partial charge in [0.1, 0.15) is 5.03 Å². The number of hydrogen-bond donors (Lipinski definition) is 0. The van der Waals surface area contributed by atoms with Gasteiger partial charge in [-0.05, 0) is 75.8 Å². The summed E-state index contributed by atoms with van der Waals surface area (Å²) in [7, 11) is 0. The third kappa shape index (κ3) is 3.59. The predicted octanol–water partition coefficient (Wildman–Crippen LogP) is 4.65. The van der Waals surface area contributed by atoms with Gasteiger partial charge in [0.2, 0.25) is 5.91 Å². The monoisotopic (exact) mass is 342 g/mol. The molecule has 1 amide bonds. The largest absolute Gasteiger partial charge is 0.339 e. The molecule has 1 saturated heterocycles. The molecule has 4 heteroatoms. The molecule has 1 atom stereocenters. The van der Waals surface area contributed by atoms with E-state index in [0.29, 0.717) is 11.8 Å². The minimum Gasteiger partial charge on any atom is -0.339 e. The fraction of sp³-hybridized carbons (Fsp3) is 0.500. The Labute approximate surface area is 148 Å². The number of pyridine rings is 1. The van der Waals surface area contributed by atoms with E-state index in [9.17, 15) is 4.79 Å². The van der Waals surface area contributed by atoms with Crippen molar-refractivity contribution in [1.29, 1.82) is 0 Å². The Morgan fingerprint density at radius 1 is 1.21 bits per heavy atom. The highest BCUT2D eigenvalue weighted by Crippen LogP contribution is 2.28. The van der Waals surface area contributed by atoms with E-state index in [-0.39, 0.29) is 5.91 Å². The van der Waals surface area contributed by atoms with Gasteiger partial charge in [0.05, 0.1) is 11.3 Å². The number of likely N-dealkylation sites (tertiary alicyclic amines) is 1. The normalized spacial score (nSPS) is 18.2. The van der Waals surface area contributed by atoms with Crippen LogP contribution >= 0.6 is 11.8 Å². The number of benzene rings is 1. The number of amides is 1. The second-order valence-electron chi connectivity index (χ2n) is 6.98. The second-order valence-corrected chi connectivity index (χ2v) is 7.94. The van der Waals surface area contributed by atoms with Crippen molar-refractivity contribution < 1.29 is 4.79 Å². The number of nitrogens with zero attached hydrogens (tertiary/aromatic N) is 2. The van der Waals surface area contributed by atoms with Gasteiger partial charge in [-0.25, -0.2) is 4.98 Å². The van der Waals surface area contributed by atoms with Crippen LogP contribution in [0.1, 0.15) is 42.9 Å². The molecular formula is C20H26N2OS. The summed E-state index contributed by atoms with van der Waals surface area (Å²) in [6.07, 6.45) is 3.50. The first kappa shape index (κ1) is 17.3. The maximum atomic E-state index is 12.5. The Morgan fingerprint density at radius 3 is 2.75 bits per heavy atom. The molecule has 2 aromatic rings. The molecule has 0 bridgehead atoms. The number of hydrogen-bond acceptors (Lipinski definition) is 3. The van der Waals surface area contributed by atoms with Crippen LogP contribution in [0.5, 0.6) is 0 Å². The van der Waals surface area contributed by atoms with Crippen molar-refractivity contribution >= 4 is 28.6 Å². The molecule has 0 aliphatic carbocycles. The average molecular weight is 343 g/mol. The summed E-state index contributed by atoms with van der Waals surface area (Å²) < 4.78 is 0. The third-order valence-corrected chi connectivity index (χ3v) is 5.96. The van der Waals surface area contributed by atoms with Crippen LogP contribution in [0.25, 0.3) is 10.9 Å². The van der Waals surface area contributed by atoms with E-state index in [1.54, 1.807) is 11.8 Å². The van der Waals surface area contributed by atoms with Gasteiger partial charge in [0, 0.05) is 18.0 Å². The minimum absolute atomic E-state index is 0.244. The standard InChI is InChI=1S/C20H26N2OS/c1-13-9-14(2)17-11-15(3)20(21-18(17)10-13)24-12-19(23)22-8-6-5-7-16(22)4/h9-11,16H,5-8,12H2,1-4H3/t16-/m1/s1. The molecule has 1 aromatic carbocycles. The van der Waals surface area contributed by atoms with E-state index in [0.717, 1.165) is 35.5 Å². The van der Waals surface area contributed by atoms with Crippen molar-refractivity contribution in [3.8, 4) is 0 Å². The quantitative estimate of drug-likeness (QED) is 0.761. The lowest BCUT2D eigenvalue weighted by molar-refractivity contribution is -0.131. The van der Waals surface area contributed by atoms with Crippen molar-refractivity contribution in [1.82, 2.24) is 9.88 Å². The van der Waals surface area contributed by atoms with Gasteiger partial charge in [-0.2, -0.15) is 0 Å². The number of piperidine rings is 1. The molecule has 0 saturated carbocycles. The Morgan fingerprint density at radius 2 is 2.00 bits per heavy atom. The van der Waals surface area contributed by atoms with Crippen molar-refractivity contribution in [2.45, 2.75) is 58.0 Å². The predicted molar refractivity (Wildman–Crippen MR) is 102 cm³/mol. The molecule has 0 radical (unpaired) electrons. The van der Waals surface area contributed by atoms with Crippen LogP contribution in [0.3, 0.4) is 0 Å². The van der Waals surface area contributed by atoms with Crippen LogP contribution < -0.4 is 0 Å². The summed E-state index contributed by atoms with van der Waals surface area (Å²) in [6, 6.07) is 6.90. The lowest BCUT2D eigenvalue weighted by Crippen LogP contribution is -2.42. The van der Waals surface area contributed by atoms with E-state index in [4.69, 9.17) is 4.98 Å². The lowest BCUT2D eigenvalue weighted by Gasteiger charge is -2.33. The fourth-order valence-electron chi connectivity index (χ4n) is 3.54. The molecule has 3 rings (SSSR count). The van der Waals surface area contributed by atoms with Crippen molar-refractivity contribution in [2.75, 3.05) is 12.3 Å². The van der Waals surface area contributed by atoms with Gasteiger partial charge < -0.3 is 4.90 Å². The number of fused-ring (bicyclic) bond motifs is 1. The van der Waals surface area contributed by atoms with Crippen LogP contribution in [0, 0.1) is 20.8 Å². The topological polar surface area (TPSA) is 33.2 Å². The summed E-state index contributed by atoms with van der Waals surface area (Å²) >= 11 is 1.58. The molecule has 0 spiro atoms. The zero-order valence-electron chi connectivity index (χ0n) is 15.1. The fourth-order valence-corrected chi connectivity index (χ4v) is 4.42. The summed E-state index contributed by atoms with van der Waals surface area (Å²) in [5.74, 6) is 0.725. The molecule has 1 aliphatic heterocycles. The number of thioether (sulfide) groups is 1. The smallest absolute Gasteiger partial charge is 0.233 e. The summed E-state index contributed by atoms with van der Waals surface area (Å²) in [6.45, 7) is 9.38. The van der Waals surface area contributed by atoms with E-state index >= 15 is 0 Å². The number of rotatable bonds is 3. The maximum absolute atomic E-state index is 12.5. The van der Waals surface area contributed by atoms with Crippen molar-refractivity contribution in [2.24, 2.45) is 0 Å². The highest BCUT2D eigenvalue weighted by atomic mass is 32.2. The van der Waals surface area contributed by atoms with E-state index in [1.807, 2.05) is 4.90 Å². The zero-order chi connectivity index (χ0) is 17.3. The average Bonchev–Trinajstić information content (AvgIpc) is 2.54. The Hall–Kier alpha value is -1.55. The van der Waals surface area contributed by atoms with Crippen LogP contribution in [0.15, 0.2) is 23.2 Å². The highest BCUT2D eigenvalue weighted by Gasteiger charge is 2.23. The number of aromatic nitrogens is 1. The first-order valence-corrected chi connectivity index (χ1v) is 9.75. The van der Waals surface area contributed by atoms with E-state index in [2.05, 4.69) is 45.9 Å². The SMILES string of the molecule is Cc1cc(C)c2cc(C)c(SCC(=O)N3CCCC[C@H]3C)nc2c1. The summed E-state index contributed by atoms with van der Waals surface area (Å²) in [5.41, 5.74) is 4.67. The van der Waals surface area contributed by atoms with Gasteiger partial charge in [-0.1, -0.05) is 17.8 Å². The number of aryl methyl sites for hydroxylation is 3. The van der Waals surface area contributed by atoms with Crippen LogP contribution in [-0.4, -0.2) is 34.1 Å². The third-order valence-electron chi connectivity index (χ3n) is 4.89. The zero-order valence-corrected chi connectivity index (χ0v) is 15.9. The van der Waals surface area contributed by atoms with E-state index < -0.39 is 0 Å². The Balaban J connectivity index is 1.77. The molecule has 3 nitrogen and oxygen atoms in total. The number of carbonyl (C=O) groups is 1. The highest BCUT2D eigenvalue weighted by molar-refractivity contribution is 7.99. The van der Waals surface area contributed by atoms with E-state index in [1.165, 1.54) is 22.9 Å². The molecular weight excluding hydrogens is 316 g/mol. The molecule has 0 N–H and O–H groups in total. The van der Waals surface area contributed by atoms with Crippen LogP contribution in [0.4, 0.5) is 0 Å². The molecule has 2 heterocycles. The minimum atomic E-state index is 0.244. The van der Waals surface area contributed by atoms with Crippen molar-refractivity contribution in [3.63, 3.8) is 0 Å². The second kappa shape index (κ2) is 7.14. The first-order chi connectivity index (χ1) is 11.5. The molecule has 128 valence electrons. The summed E-state index contributed by atoms with van der Waals surface area (Å²) in [5, 5.41) is 2.18. The molecule has 1 aromatic heterocycles. The van der Waals surface area contributed by atoms with Crippen molar-refractivity contribution in [3.05, 3.63) is 34.9 Å². The van der Waals surface area contributed by atoms with Gasteiger partial charge in [-0.3, -0.25) is 4.79 Å². The van der Waals surface area contributed by atoms with Crippen LogP contribution in [0.2, 0.25) is 0 Å².